The summed E-state index contributed by atoms with van der Waals surface area (Å²) in [7, 11) is 0. The van der Waals surface area contributed by atoms with Crippen LogP contribution in [0.1, 0.15) is 39.6 Å². The molecule has 0 spiro atoms. The van der Waals surface area contributed by atoms with E-state index in [0.717, 1.165) is 63.3 Å². The number of hydrogen-bond donors (Lipinski definition) is 0. The predicted molar refractivity (Wildman–Crippen MR) is 143 cm³/mol. The minimum atomic E-state index is 0. The second-order valence-electron chi connectivity index (χ2n) is 8.67. The van der Waals surface area contributed by atoms with Crippen LogP contribution in [0.4, 0.5) is 5.69 Å². The van der Waals surface area contributed by atoms with Crippen LogP contribution in [0.25, 0.3) is 0 Å². The minimum Gasteiger partial charge on any atom is -0.373 e. The first-order valence-electron chi connectivity index (χ1n) is 11.6. The Morgan fingerprint density at radius 2 is 1.44 bits per heavy atom. The van der Waals surface area contributed by atoms with Crippen LogP contribution in [0.15, 0.2) is 78.9 Å². The molecule has 3 aromatic carbocycles. The molecule has 180 valence electrons. The van der Waals surface area contributed by atoms with Gasteiger partial charge in [0, 0.05) is 49.5 Å². The third kappa shape index (κ3) is 6.00. The number of fused-ring (bicyclic) bond motifs is 1. The van der Waals surface area contributed by atoms with Crippen molar-refractivity contribution in [3.05, 3.63) is 101 Å². The number of rotatable bonds is 6. The van der Waals surface area contributed by atoms with Gasteiger partial charge in [-0.1, -0.05) is 54.6 Å². The molecule has 0 radical (unpaired) electrons. The molecule has 1 saturated heterocycles. The summed E-state index contributed by atoms with van der Waals surface area (Å²) in [5.74, 6) is 0.0773. The Bertz CT molecular complexity index is 1050. The number of hydrogen-bond acceptors (Lipinski definition) is 4. The molecule has 2 aliphatic heterocycles. The van der Waals surface area contributed by atoms with Gasteiger partial charge in [0.2, 0.25) is 0 Å². The average Bonchev–Trinajstić information content (AvgIpc) is 2.88. The van der Waals surface area contributed by atoms with Crippen molar-refractivity contribution in [3.63, 3.8) is 0 Å². The van der Waals surface area contributed by atoms with Crippen LogP contribution in [0.3, 0.4) is 0 Å². The first kappa shape index (κ1) is 26.2. The molecule has 0 N–H and O–H groups in total. The fraction of sp³-hybridized carbons (Fsp3) is 0.321. The van der Waals surface area contributed by atoms with E-state index in [4.69, 9.17) is 4.74 Å². The summed E-state index contributed by atoms with van der Waals surface area (Å²) in [5.41, 5.74) is 5.49. The van der Waals surface area contributed by atoms with E-state index in [-0.39, 0.29) is 36.7 Å². The lowest BCUT2D eigenvalue weighted by Gasteiger charge is -2.37. The molecule has 1 unspecified atom stereocenters. The van der Waals surface area contributed by atoms with Crippen LogP contribution in [-0.4, -0.2) is 50.0 Å². The second-order valence-corrected chi connectivity index (χ2v) is 8.67. The van der Waals surface area contributed by atoms with E-state index in [1.54, 1.807) is 0 Å². The van der Waals surface area contributed by atoms with E-state index >= 15 is 0 Å². The van der Waals surface area contributed by atoms with Crippen molar-refractivity contribution in [1.82, 2.24) is 4.90 Å². The van der Waals surface area contributed by atoms with Crippen LogP contribution >= 0.6 is 24.8 Å². The van der Waals surface area contributed by atoms with E-state index < -0.39 is 0 Å². The third-order valence-electron chi connectivity index (χ3n) is 6.70. The van der Waals surface area contributed by atoms with E-state index in [2.05, 4.69) is 46.2 Å². The van der Waals surface area contributed by atoms with Crippen molar-refractivity contribution >= 4 is 36.3 Å². The maximum Gasteiger partial charge on any atom is 0.193 e. The standard InChI is InChI=1S/C28H30N2O2.2ClH/c31-28(23-7-2-1-3-8-23)24-10-12-25(13-11-24)30-19-17-29(18-20-30)16-14-27-26-9-5-4-6-22(26)15-21-32-27;;/h1-13,27H,14-21H2;2*1H. The van der Waals surface area contributed by atoms with Crippen LogP contribution in [0.5, 0.6) is 0 Å². The number of benzene rings is 3. The van der Waals surface area contributed by atoms with E-state index in [9.17, 15) is 4.79 Å². The Morgan fingerprint density at radius 1 is 0.794 bits per heavy atom. The molecule has 34 heavy (non-hydrogen) atoms. The largest absolute Gasteiger partial charge is 0.373 e. The lowest BCUT2D eigenvalue weighted by molar-refractivity contribution is 0.0289. The monoisotopic (exact) mass is 498 g/mol. The zero-order valence-electron chi connectivity index (χ0n) is 19.3. The van der Waals surface area contributed by atoms with Crippen molar-refractivity contribution in [2.24, 2.45) is 0 Å². The van der Waals surface area contributed by atoms with Crippen molar-refractivity contribution in [2.45, 2.75) is 18.9 Å². The molecule has 0 amide bonds. The maximum atomic E-state index is 12.6. The summed E-state index contributed by atoms with van der Waals surface area (Å²) in [5, 5.41) is 0. The number of nitrogens with zero attached hydrogens (tertiary/aromatic N) is 2. The molecule has 2 heterocycles. The number of anilines is 1. The van der Waals surface area contributed by atoms with Gasteiger partial charge < -0.3 is 9.64 Å². The number of carbonyl (C=O) groups excluding carboxylic acids is 1. The van der Waals surface area contributed by atoms with Gasteiger partial charge in [0.15, 0.2) is 5.78 Å². The molecule has 3 aromatic rings. The Balaban J connectivity index is 0.00000162. The minimum absolute atomic E-state index is 0. The van der Waals surface area contributed by atoms with Gasteiger partial charge in [-0.2, -0.15) is 0 Å². The molecule has 4 nitrogen and oxygen atoms in total. The maximum absolute atomic E-state index is 12.6. The molecule has 5 rings (SSSR count). The molecular formula is C28H32Cl2N2O2. The lowest BCUT2D eigenvalue weighted by Crippen LogP contribution is -2.47. The third-order valence-corrected chi connectivity index (χ3v) is 6.70. The Labute approximate surface area is 214 Å². The smallest absolute Gasteiger partial charge is 0.193 e. The normalized spacial score (nSPS) is 17.8. The van der Waals surface area contributed by atoms with E-state index in [1.165, 1.54) is 16.8 Å². The summed E-state index contributed by atoms with van der Waals surface area (Å²) in [6.07, 6.45) is 2.31. The molecule has 0 aliphatic carbocycles. The SMILES string of the molecule is Cl.Cl.O=C(c1ccccc1)c1ccc(N2CCN(CCC3OCCc4ccccc43)CC2)cc1. The highest BCUT2D eigenvalue weighted by Gasteiger charge is 2.23. The molecule has 0 saturated carbocycles. The van der Waals surface area contributed by atoms with Crippen LogP contribution < -0.4 is 4.90 Å². The molecule has 0 bridgehead atoms. The van der Waals surface area contributed by atoms with Crippen molar-refractivity contribution < 1.29 is 9.53 Å². The van der Waals surface area contributed by atoms with Crippen LogP contribution in [0.2, 0.25) is 0 Å². The van der Waals surface area contributed by atoms with E-state index in [0.29, 0.717) is 0 Å². The molecule has 0 aromatic heterocycles. The summed E-state index contributed by atoms with van der Waals surface area (Å²) < 4.78 is 6.08. The topological polar surface area (TPSA) is 32.8 Å². The lowest BCUT2D eigenvalue weighted by atomic mass is 9.95. The zero-order chi connectivity index (χ0) is 21.8. The first-order valence-corrected chi connectivity index (χ1v) is 11.6. The summed E-state index contributed by atoms with van der Waals surface area (Å²) in [6, 6.07) is 26.3. The quantitative estimate of drug-likeness (QED) is 0.414. The number of ketones is 1. The highest BCUT2D eigenvalue weighted by molar-refractivity contribution is 6.09. The highest BCUT2D eigenvalue weighted by atomic mass is 35.5. The van der Waals surface area contributed by atoms with Crippen LogP contribution in [0, 0.1) is 0 Å². The van der Waals surface area contributed by atoms with Gasteiger partial charge >= 0.3 is 0 Å². The van der Waals surface area contributed by atoms with Crippen molar-refractivity contribution in [3.8, 4) is 0 Å². The Hall–Kier alpha value is -2.37. The summed E-state index contributed by atoms with van der Waals surface area (Å²) in [4.78, 5) is 17.6. The summed E-state index contributed by atoms with van der Waals surface area (Å²) in [6.45, 7) is 6.02. The fourth-order valence-electron chi connectivity index (χ4n) is 4.83. The van der Waals surface area contributed by atoms with Gasteiger partial charge in [0.25, 0.3) is 0 Å². The van der Waals surface area contributed by atoms with Gasteiger partial charge in [-0.15, -0.1) is 24.8 Å². The van der Waals surface area contributed by atoms with Gasteiger partial charge in [0.1, 0.15) is 0 Å². The molecule has 2 aliphatic rings. The molecular weight excluding hydrogens is 467 g/mol. The molecule has 1 fully saturated rings. The Kier molecular flexibility index (Phi) is 9.54. The number of ether oxygens (including phenoxy) is 1. The fourth-order valence-corrected chi connectivity index (χ4v) is 4.83. The van der Waals surface area contributed by atoms with Crippen LogP contribution in [-0.2, 0) is 11.2 Å². The van der Waals surface area contributed by atoms with Gasteiger partial charge in [0.05, 0.1) is 12.7 Å². The molecule has 1 atom stereocenters. The van der Waals surface area contributed by atoms with Gasteiger partial charge in [-0.25, -0.2) is 0 Å². The number of halogens is 2. The number of piperazine rings is 1. The van der Waals surface area contributed by atoms with Crippen molar-refractivity contribution in [1.29, 1.82) is 0 Å². The molecule has 6 heteroatoms. The Morgan fingerprint density at radius 3 is 2.18 bits per heavy atom. The zero-order valence-corrected chi connectivity index (χ0v) is 20.9. The van der Waals surface area contributed by atoms with Gasteiger partial charge in [-0.3, -0.25) is 9.69 Å². The average molecular weight is 499 g/mol. The second kappa shape index (κ2) is 12.4. The summed E-state index contributed by atoms with van der Waals surface area (Å²) >= 11 is 0. The first-order chi connectivity index (χ1) is 15.8. The van der Waals surface area contributed by atoms with E-state index in [1.807, 2.05) is 42.5 Å². The van der Waals surface area contributed by atoms with Gasteiger partial charge in [-0.05, 0) is 48.2 Å². The number of carbonyl (C=O) groups is 1. The predicted octanol–water partition coefficient (Wildman–Crippen LogP) is 5.59. The highest BCUT2D eigenvalue weighted by Crippen LogP contribution is 2.30. The van der Waals surface area contributed by atoms with Crippen molar-refractivity contribution in [2.75, 3.05) is 44.2 Å².